The van der Waals surface area contributed by atoms with Gasteiger partial charge in [-0.05, 0) is 37.5 Å². The molecule has 3 rings (SSSR count). The molecule has 0 unspecified atom stereocenters. The van der Waals surface area contributed by atoms with Gasteiger partial charge in [-0.1, -0.05) is 6.92 Å². The Bertz CT molecular complexity index is 511. The third-order valence-electron chi connectivity index (χ3n) is 3.21. The smallest absolute Gasteiger partial charge is 0.152 e. The highest BCUT2D eigenvalue weighted by atomic mass is 16.3. The standard InChI is InChI=1S/C14H19N3O/c1-2-9-17-13(7-8-16-17)14-6-5-12(18-14)10-15-11-3-4-11/h5-8,11,15H,2-4,9-10H2,1H3. The molecule has 0 radical (unpaired) electrons. The minimum absolute atomic E-state index is 0.712. The van der Waals surface area contributed by atoms with E-state index >= 15 is 0 Å². The minimum atomic E-state index is 0.712. The predicted octanol–water partition coefficient (Wildman–Crippen LogP) is 2.81. The van der Waals surface area contributed by atoms with Gasteiger partial charge in [0.1, 0.15) is 11.5 Å². The maximum Gasteiger partial charge on any atom is 0.152 e. The van der Waals surface area contributed by atoms with Crippen LogP contribution in [0.5, 0.6) is 0 Å². The molecule has 2 aromatic heterocycles. The number of aryl methyl sites for hydroxylation is 1. The summed E-state index contributed by atoms with van der Waals surface area (Å²) < 4.78 is 7.87. The fourth-order valence-corrected chi connectivity index (χ4v) is 2.07. The molecule has 0 atom stereocenters. The lowest BCUT2D eigenvalue weighted by Gasteiger charge is -2.03. The van der Waals surface area contributed by atoms with Gasteiger partial charge in [-0.2, -0.15) is 5.10 Å². The zero-order chi connectivity index (χ0) is 12.4. The molecule has 1 fully saturated rings. The Morgan fingerprint density at radius 1 is 1.39 bits per heavy atom. The van der Waals surface area contributed by atoms with Gasteiger partial charge in [-0.3, -0.25) is 4.68 Å². The number of rotatable bonds is 6. The zero-order valence-electron chi connectivity index (χ0n) is 10.7. The maximum absolute atomic E-state index is 5.87. The fraction of sp³-hybridized carbons (Fsp3) is 0.500. The molecule has 2 aromatic rings. The summed E-state index contributed by atoms with van der Waals surface area (Å²) in [5.74, 6) is 1.91. The number of hydrogen-bond donors (Lipinski definition) is 1. The number of nitrogens with zero attached hydrogens (tertiary/aromatic N) is 2. The monoisotopic (exact) mass is 245 g/mol. The molecule has 0 amide bonds. The molecular weight excluding hydrogens is 226 g/mol. The van der Waals surface area contributed by atoms with E-state index in [1.807, 2.05) is 29.1 Å². The van der Waals surface area contributed by atoms with E-state index in [9.17, 15) is 0 Å². The number of nitrogens with one attached hydrogen (secondary N) is 1. The molecule has 0 aliphatic heterocycles. The van der Waals surface area contributed by atoms with Crippen LogP contribution in [0.25, 0.3) is 11.5 Å². The van der Waals surface area contributed by atoms with Gasteiger partial charge in [0.15, 0.2) is 5.76 Å². The Morgan fingerprint density at radius 2 is 2.28 bits per heavy atom. The second-order valence-electron chi connectivity index (χ2n) is 4.86. The molecule has 2 heterocycles. The second-order valence-corrected chi connectivity index (χ2v) is 4.86. The largest absolute Gasteiger partial charge is 0.458 e. The van der Waals surface area contributed by atoms with Crippen molar-refractivity contribution in [1.29, 1.82) is 0 Å². The van der Waals surface area contributed by atoms with Crippen LogP contribution in [0.3, 0.4) is 0 Å². The third-order valence-corrected chi connectivity index (χ3v) is 3.21. The van der Waals surface area contributed by atoms with Gasteiger partial charge in [0.25, 0.3) is 0 Å². The highest BCUT2D eigenvalue weighted by molar-refractivity contribution is 5.52. The summed E-state index contributed by atoms with van der Waals surface area (Å²) in [5, 5.41) is 7.77. The number of hydrogen-bond acceptors (Lipinski definition) is 3. The van der Waals surface area contributed by atoms with Crippen molar-refractivity contribution in [3.05, 3.63) is 30.2 Å². The normalized spacial score (nSPS) is 15.2. The summed E-state index contributed by atoms with van der Waals surface area (Å²) in [6, 6.07) is 6.80. The van der Waals surface area contributed by atoms with Crippen molar-refractivity contribution in [2.24, 2.45) is 0 Å². The molecule has 0 spiro atoms. The third kappa shape index (κ3) is 2.48. The number of furan rings is 1. The van der Waals surface area contributed by atoms with E-state index < -0.39 is 0 Å². The lowest BCUT2D eigenvalue weighted by atomic mass is 10.3. The van der Waals surface area contributed by atoms with Crippen LogP contribution in [-0.4, -0.2) is 15.8 Å². The van der Waals surface area contributed by atoms with Gasteiger partial charge in [-0.25, -0.2) is 0 Å². The van der Waals surface area contributed by atoms with Crippen molar-refractivity contribution in [1.82, 2.24) is 15.1 Å². The Kier molecular flexibility index (Phi) is 3.19. The maximum atomic E-state index is 5.87. The van der Waals surface area contributed by atoms with E-state index in [2.05, 4.69) is 17.3 Å². The van der Waals surface area contributed by atoms with Crippen molar-refractivity contribution >= 4 is 0 Å². The van der Waals surface area contributed by atoms with Crippen molar-refractivity contribution in [3.63, 3.8) is 0 Å². The summed E-state index contributed by atoms with van der Waals surface area (Å²) in [7, 11) is 0. The van der Waals surface area contributed by atoms with Crippen molar-refractivity contribution in [3.8, 4) is 11.5 Å². The summed E-state index contributed by atoms with van der Waals surface area (Å²) in [4.78, 5) is 0. The van der Waals surface area contributed by atoms with Crippen LogP contribution in [0.1, 0.15) is 31.9 Å². The molecule has 96 valence electrons. The molecule has 0 bridgehead atoms. The van der Waals surface area contributed by atoms with Gasteiger partial charge < -0.3 is 9.73 Å². The van der Waals surface area contributed by atoms with Crippen molar-refractivity contribution in [2.45, 2.75) is 45.3 Å². The van der Waals surface area contributed by atoms with Crippen molar-refractivity contribution < 1.29 is 4.42 Å². The van der Waals surface area contributed by atoms with E-state index in [1.165, 1.54) is 12.8 Å². The van der Waals surface area contributed by atoms with E-state index in [1.54, 1.807) is 0 Å². The first kappa shape index (κ1) is 11.5. The van der Waals surface area contributed by atoms with E-state index in [0.717, 1.165) is 36.7 Å². The van der Waals surface area contributed by atoms with E-state index in [0.29, 0.717) is 6.04 Å². The second kappa shape index (κ2) is 4.98. The summed E-state index contributed by atoms with van der Waals surface area (Å²) in [6.07, 6.45) is 5.51. The summed E-state index contributed by atoms with van der Waals surface area (Å²) in [6.45, 7) is 3.91. The molecule has 0 aromatic carbocycles. The Labute approximate surface area is 107 Å². The molecule has 0 saturated heterocycles. The molecule has 1 N–H and O–H groups in total. The van der Waals surface area contributed by atoms with Crippen LogP contribution in [0.4, 0.5) is 0 Å². The number of aromatic nitrogens is 2. The highest BCUT2D eigenvalue weighted by Crippen LogP contribution is 2.23. The molecule has 18 heavy (non-hydrogen) atoms. The van der Waals surface area contributed by atoms with Gasteiger partial charge in [0.05, 0.1) is 6.54 Å². The summed E-state index contributed by atoms with van der Waals surface area (Å²) >= 11 is 0. The molecule has 1 aliphatic carbocycles. The lowest BCUT2D eigenvalue weighted by molar-refractivity contribution is 0.485. The van der Waals surface area contributed by atoms with E-state index in [-0.39, 0.29) is 0 Å². The molecule has 1 aliphatic rings. The molecule has 4 nitrogen and oxygen atoms in total. The predicted molar refractivity (Wildman–Crippen MR) is 70.1 cm³/mol. The Morgan fingerprint density at radius 3 is 3.06 bits per heavy atom. The van der Waals surface area contributed by atoms with Gasteiger partial charge in [0, 0.05) is 18.8 Å². The van der Waals surface area contributed by atoms with Gasteiger partial charge in [0.2, 0.25) is 0 Å². The van der Waals surface area contributed by atoms with Crippen LogP contribution in [0.2, 0.25) is 0 Å². The summed E-state index contributed by atoms with van der Waals surface area (Å²) in [5.41, 5.74) is 1.06. The first-order chi connectivity index (χ1) is 8.86. The molecular formula is C14H19N3O. The first-order valence-electron chi connectivity index (χ1n) is 6.71. The quantitative estimate of drug-likeness (QED) is 0.851. The Balaban J connectivity index is 1.72. The van der Waals surface area contributed by atoms with Gasteiger partial charge in [-0.15, -0.1) is 0 Å². The van der Waals surface area contributed by atoms with Crippen LogP contribution in [0, 0.1) is 0 Å². The molecule has 4 heteroatoms. The average molecular weight is 245 g/mol. The van der Waals surface area contributed by atoms with Crippen LogP contribution < -0.4 is 5.32 Å². The van der Waals surface area contributed by atoms with Gasteiger partial charge >= 0.3 is 0 Å². The van der Waals surface area contributed by atoms with Crippen LogP contribution >= 0.6 is 0 Å². The fourth-order valence-electron chi connectivity index (χ4n) is 2.07. The van der Waals surface area contributed by atoms with E-state index in [4.69, 9.17) is 4.42 Å². The lowest BCUT2D eigenvalue weighted by Crippen LogP contribution is -2.14. The molecule has 1 saturated carbocycles. The van der Waals surface area contributed by atoms with Crippen LogP contribution in [-0.2, 0) is 13.1 Å². The average Bonchev–Trinajstić information content (AvgIpc) is 2.89. The van der Waals surface area contributed by atoms with Crippen molar-refractivity contribution in [2.75, 3.05) is 0 Å². The Hall–Kier alpha value is -1.55. The zero-order valence-corrected chi connectivity index (χ0v) is 10.7. The minimum Gasteiger partial charge on any atom is -0.458 e. The highest BCUT2D eigenvalue weighted by Gasteiger charge is 2.20. The van der Waals surface area contributed by atoms with Crippen LogP contribution in [0.15, 0.2) is 28.8 Å². The first-order valence-corrected chi connectivity index (χ1v) is 6.71. The topological polar surface area (TPSA) is 43.0 Å². The SMILES string of the molecule is CCCn1nccc1-c1ccc(CNC2CC2)o1.